The lowest BCUT2D eigenvalue weighted by Crippen LogP contribution is -2.50. The molecule has 0 aliphatic heterocycles. The summed E-state index contributed by atoms with van der Waals surface area (Å²) < 4.78 is 1.35. The molecule has 0 spiro atoms. The molecule has 5 N–H and O–H groups in total. The number of aromatic nitrogens is 3. The van der Waals surface area contributed by atoms with Crippen LogP contribution in [-0.2, 0) is 11.8 Å². The first-order valence-corrected chi connectivity index (χ1v) is 6.44. The number of hydrogen-bond donors (Lipinski definition) is 3. The minimum absolute atomic E-state index is 0.105. The van der Waals surface area contributed by atoms with Crippen LogP contribution in [0.25, 0.3) is 0 Å². The van der Waals surface area contributed by atoms with Crippen LogP contribution in [0, 0.1) is 0 Å². The molecule has 9 heteroatoms. The van der Waals surface area contributed by atoms with Gasteiger partial charge in [0.1, 0.15) is 0 Å². The van der Waals surface area contributed by atoms with Crippen molar-refractivity contribution in [1.29, 1.82) is 0 Å². The molecule has 106 valence electrons. The van der Waals surface area contributed by atoms with Crippen molar-refractivity contribution < 1.29 is 4.79 Å². The normalized spacial score (nSPS) is 15.8. The third kappa shape index (κ3) is 3.93. The van der Waals surface area contributed by atoms with Crippen molar-refractivity contribution in [1.82, 2.24) is 14.8 Å². The molecule has 0 bridgehead atoms. The molecular weight excluding hydrogens is 270 g/mol. The Hall–Kier alpha value is -1.61. The number of hydrogen-bond acceptors (Lipinski definition) is 6. The van der Waals surface area contributed by atoms with Gasteiger partial charge in [-0.05, 0) is 13.3 Å². The zero-order valence-corrected chi connectivity index (χ0v) is 11.8. The molecule has 1 aromatic rings. The summed E-state index contributed by atoms with van der Waals surface area (Å²) in [5, 5.41) is 2.58. The molecule has 1 rings (SSSR count). The van der Waals surface area contributed by atoms with Gasteiger partial charge < -0.3 is 11.5 Å². The molecule has 0 aliphatic carbocycles. The highest BCUT2D eigenvalue weighted by Gasteiger charge is 2.28. The maximum absolute atomic E-state index is 11.2. The van der Waals surface area contributed by atoms with Gasteiger partial charge >= 0.3 is 11.1 Å². The fourth-order valence-corrected chi connectivity index (χ4v) is 2.61. The molecular formula is C10H17N5O3S. The van der Waals surface area contributed by atoms with E-state index in [1.54, 1.807) is 14.0 Å². The Bertz CT molecular complexity index is 592. The fraction of sp³-hybridized carbons (Fsp3) is 0.600. The van der Waals surface area contributed by atoms with Gasteiger partial charge in [-0.2, -0.15) is 4.98 Å². The molecule has 0 saturated heterocycles. The van der Waals surface area contributed by atoms with Crippen molar-refractivity contribution in [2.24, 2.45) is 18.5 Å². The lowest BCUT2D eigenvalue weighted by Gasteiger charge is -2.24. The van der Waals surface area contributed by atoms with E-state index in [-0.39, 0.29) is 5.25 Å². The van der Waals surface area contributed by atoms with E-state index in [2.05, 4.69) is 10.1 Å². The summed E-state index contributed by atoms with van der Waals surface area (Å²) in [4.78, 5) is 37.0. The summed E-state index contributed by atoms with van der Waals surface area (Å²) in [7, 11) is 1.57. The predicted octanol–water partition coefficient (Wildman–Crippen LogP) is -1.46. The molecule has 8 nitrogen and oxygen atoms in total. The van der Waals surface area contributed by atoms with E-state index in [0.717, 1.165) is 0 Å². The highest BCUT2D eigenvalue weighted by atomic mass is 32.2. The van der Waals surface area contributed by atoms with Crippen LogP contribution in [0.5, 0.6) is 0 Å². The number of nitrogens with one attached hydrogen (secondary N) is 1. The van der Waals surface area contributed by atoms with E-state index < -0.39 is 22.6 Å². The summed E-state index contributed by atoms with van der Waals surface area (Å²) in [6.07, 6.45) is 0.321. The van der Waals surface area contributed by atoms with Crippen molar-refractivity contribution in [2.75, 3.05) is 0 Å². The highest BCUT2D eigenvalue weighted by Crippen LogP contribution is 2.24. The minimum atomic E-state index is -1.13. The van der Waals surface area contributed by atoms with Crippen LogP contribution in [0.3, 0.4) is 0 Å². The molecule has 0 aliphatic rings. The zero-order valence-electron chi connectivity index (χ0n) is 11.0. The van der Waals surface area contributed by atoms with E-state index >= 15 is 0 Å². The van der Waals surface area contributed by atoms with Crippen molar-refractivity contribution >= 4 is 17.7 Å². The third-order valence-corrected chi connectivity index (χ3v) is 3.67. The van der Waals surface area contributed by atoms with Crippen LogP contribution in [-0.4, -0.2) is 31.5 Å². The van der Waals surface area contributed by atoms with Gasteiger partial charge in [-0.25, -0.2) is 0 Å². The number of carbonyl (C=O) groups is 1. The standard InChI is InChI=1S/C10H17N5O3S/c1-5(4-10(2,12)8(11)18)19-9-13-6(16)7(17)14-15(9)3/h5H,4,12H2,1-3H3,(H2,11,18)(H,14,17). The van der Waals surface area contributed by atoms with Crippen LogP contribution < -0.4 is 22.6 Å². The van der Waals surface area contributed by atoms with Gasteiger partial charge in [-0.15, -0.1) is 0 Å². The first-order chi connectivity index (χ1) is 8.63. The fourth-order valence-electron chi connectivity index (χ4n) is 1.49. The van der Waals surface area contributed by atoms with E-state index in [4.69, 9.17) is 11.5 Å². The van der Waals surface area contributed by atoms with Crippen LogP contribution in [0.15, 0.2) is 14.7 Å². The summed E-state index contributed by atoms with van der Waals surface area (Å²) in [5.74, 6) is -0.594. The van der Waals surface area contributed by atoms with E-state index in [1.807, 2.05) is 6.92 Å². The second kappa shape index (κ2) is 5.57. The molecule has 1 heterocycles. The monoisotopic (exact) mass is 287 g/mol. The number of rotatable bonds is 5. The molecule has 19 heavy (non-hydrogen) atoms. The molecule has 0 saturated carbocycles. The number of amides is 1. The number of aryl methyl sites for hydroxylation is 1. The van der Waals surface area contributed by atoms with Gasteiger partial charge in [0.25, 0.3) is 0 Å². The maximum Gasteiger partial charge on any atom is 0.339 e. The van der Waals surface area contributed by atoms with Crippen molar-refractivity contribution in [2.45, 2.75) is 36.2 Å². The van der Waals surface area contributed by atoms with Crippen LogP contribution >= 0.6 is 11.8 Å². The largest absolute Gasteiger partial charge is 0.368 e. The first kappa shape index (κ1) is 15.4. The van der Waals surface area contributed by atoms with Crippen molar-refractivity contribution in [3.8, 4) is 0 Å². The Balaban J connectivity index is 2.86. The quantitative estimate of drug-likeness (QED) is 0.447. The molecule has 0 fully saturated rings. The van der Waals surface area contributed by atoms with Gasteiger partial charge in [-0.3, -0.25) is 24.2 Å². The van der Waals surface area contributed by atoms with E-state index in [1.165, 1.54) is 16.4 Å². The van der Waals surface area contributed by atoms with Gasteiger partial charge in [0.2, 0.25) is 5.91 Å². The summed E-state index contributed by atoms with van der Waals surface area (Å²) in [5.41, 5.74) is 8.21. The molecule has 0 radical (unpaired) electrons. The number of nitrogens with two attached hydrogens (primary N) is 2. The number of H-pyrrole nitrogens is 1. The highest BCUT2D eigenvalue weighted by molar-refractivity contribution is 7.99. The number of thioether (sulfide) groups is 1. The summed E-state index contributed by atoms with van der Waals surface area (Å²) in [6, 6.07) is 0. The summed E-state index contributed by atoms with van der Waals surface area (Å²) >= 11 is 1.23. The number of carbonyl (C=O) groups excluding carboxylic acids is 1. The minimum Gasteiger partial charge on any atom is -0.368 e. The second-order valence-electron chi connectivity index (χ2n) is 4.61. The topological polar surface area (TPSA) is 137 Å². The lowest BCUT2D eigenvalue weighted by atomic mass is 9.97. The molecule has 2 atom stereocenters. The van der Waals surface area contributed by atoms with Crippen molar-refractivity contribution in [3.63, 3.8) is 0 Å². The Labute approximate surface area is 113 Å². The maximum atomic E-state index is 11.2. The van der Waals surface area contributed by atoms with E-state index in [9.17, 15) is 14.4 Å². The lowest BCUT2D eigenvalue weighted by molar-refractivity contribution is -0.122. The van der Waals surface area contributed by atoms with Crippen LogP contribution in [0.1, 0.15) is 20.3 Å². The number of aromatic amines is 1. The molecule has 2 unspecified atom stereocenters. The molecule has 1 amide bonds. The Morgan fingerprint density at radius 2 is 2.16 bits per heavy atom. The van der Waals surface area contributed by atoms with Crippen molar-refractivity contribution in [3.05, 3.63) is 20.7 Å². The molecule has 1 aromatic heterocycles. The Morgan fingerprint density at radius 1 is 1.58 bits per heavy atom. The predicted molar refractivity (Wildman–Crippen MR) is 71.8 cm³/mol. The average Bonchev–Trinajstić information content (AvgIpc) is 2.24. The third-order valence-electron chi connectivity index (χ3n) is 2.53. The first-order valence-electron chi connectivity index (χ1n) is 5.56. The molecule has 0 aromatic carbocycles. The number of primary amides is 1. The van der Waals surface area contributed by atoms with Crippen LogP contribution in [0.2, 0.25) is 0 Å². The van der Waals surface area contributed by atoms with Gasteiger partial charge in [0.05, 0.1) is 5.54 Å². The van der Waals surface area contributed by atoms with E-state index in [0.29, 0.717) is 11.6 Å². The average molecular weight is 287 g/mol. The smallest absolute Gasteiger partial charge is 0.339 e. The van der Waals surface area contributed by atoms with Gasteiger partial charge in [0.15, 0.2) is 5.16 Å². The zero-order chi connectivity index (χ0) is 14.8. The van der Waals surface area contributed by atoms with Gasteiger partial charge in [0, 0.05) is 12.3 Å². The van der Waals surface area contributed by atoms with Crippen LogP contribution in [0.4, 0.5) is 0 Å². The Morgan fingerprint density at radius 3 is 2.68 bits per heavy atom. The van der Waals surface area contributed by atoms with Gasteiger partial charge in [-0.1, -0.05) is 18.7 Å². The second-order valence-corrected chi connectivity index (χ2v) is 6.02. The Kier molecular flexibility index (Phi) is 4.53. The summed E-state index contributed by atoms with van der Waals surface area (Å²) in [6.45, 7) is 3.38. The number of nitrogens with zero attached hydrogens (tertiary/aromatic N) is 2. The SMILES string of the molecule is CC(CC(C)(N)C(N)=O)Sc1nc(=O)c(=O)[nH]n1C.